The van der Waals surface area contributed by atoms with E-state index in [0.29, 0.717) is 33.9 Å². The Morgan fingerprint density at radius 2 is 1.80 bits per heavy atom. The fraction of sp³-hybridized carbons (Fsp3) is 0.100. The first-order chi connectivity index (χ1) is 12.1. The van der Waals surface area contributed by atoms with Crippen LogP contribution >= 0.6 is 0 Å². The lowest BCUT2D eigenvalue weighted by Gasteiger charge is -2.08. The highest BCUT2D eigenvalue weighted by molar-refractivity contribution is 5.99. The fourth-order valence-electron chi connectivity index (χ4n) is 2.84. The zero-order chi connectivity index (χ0) is 17.4. The number of furan rings is 1. The molecule has 0 fully saturated rings. The maximum absolute atomic E-state index is 12.4. The highest BCUT2D eigenvalue weighted by Crippen LogP contribution is 2.38. The zero-order valence-corrected chi connectivity index (χ0v) is 13.9. The molecule has 0 radical (unpaired) electrons. The van der Waals surface area contributed by atoms with Crippen LogP contribution in [0.5, 0.6) is 0 Å². The van der Waals surface area contributed by atoms with Crippen molar-refractivity contribution >= 4 is 22.5 Å². The van der Waals surface area contributed by atoms with Crippen molar-refractivity contribution in [1.82, 2.24) is 4.98 Å². The van der Waals surface area contributed by atoms with Crippen molar-refractivity contribution in [3.63, 3.8) is 0 Å². The Morgan fingerprint density at radius 3 is 2.56 bits per heavy atom. The molecular formula is C20H16N2O3. The molecule has 1 N–H and O–H groups in total. The van der Waals surface area contributed by atoms with E-state index in [1.54, 1.807) is 19.2 Å². The number of hydrogen-bond donors (Lipinski definition) is 1. The van der Waals surface area contributed by atoms with Crippen molar-refractivity contribution in [2.75, 3.05) is 5.32 Å². The molecule has 0 saturated heterocycles. The Labute approximate surface area is 143 Å². The summed E-state index contributed by atoms with van der Waals surface area (Å²) in [6, 6.07) is 15.1. The summed E-state index contributed by atoms with van der Waals surface area (Å²) in [5.41, 5.74) is 3.27. The normalized spacial score (nSPS) is 11.0. The highest BCUT2D eigenvalue weighted by Gasteiger charge is 2.21. The van der Waals surface area contributed by atoms with E-state index in [1.165, 1.54) is 0 Å². The topological polar surface area (TPSA) is 68.3 Å². The average molecular weight is 332 g/mol. The van der Waals surface area contributed by atoms with E-state index < -0.39 is 5.63 Å². The van der Waals surface area contributed by atoms with E-state index in [2.05, 4.69) is 10.3 Å². The lowest BCUT2D eigenvalue weighted by atomic mass is 10.1. The molecule has 4 rings (SSSR count). The Hall–Kier alpha value is -3.34. The van der Waals surface area contributed by atoms with Crippen molar-refractivity contribution in [2.24, 2.45) is 0 Å². The molecule has 3 heterocycles. The van der Waals surface area contributed by atoms with E-state index in [1.807, 2.05) is 49.4 Å². The van der Waals surface area contributed by atoms with Crippen LogP contribution in [0.4, 0.5) is 11.6 Å². The first-order valence-corrected chi connectivity index (χ1v) is 7.95. The van der Waals surface area contributed by atoms with Gasteiger partial charge in [0.1, 0.15) is 16.7 Å². The van der Waals surface area contributed by atoms with Gasteiger partial charge in [-0.3, -0.25) is 4.98 Å². The lowest BCUT2D eigenvalue weighted by molar-refractivity contribution is 0.485. The Kier molecular flexibility index (Phi) is 3.61. The van der Waals surface area contributed by atoms with Crippen molar-refractivity contribution < 1.29 is 8.83 Å². The minimum absolute atomic E-state index is 0.389. The number of anilines is 2. The van der Waals surface area contributed by atoms with Gasteiger partial charge in [0, 0.05) is 18.0 Å². The van der Waals surface area contributed by atoms with Crippen LogP contribution in [0.3, 0.4) is 0 Å². The molecule has 124 valence electrons. The van der Waals surface area contributed by atoms with Gasteiger partial charge < -0.3 is 14.2 Å². The van der Waals surface area contributed by atoms with Gasteiger partial charge in [0.2, 0.25) is 5.88 Å². The summed E-state index contributed by atoms with van der Waals surface area (Å²) in [6.07, 6.45) is 1.68. The number of aryl methyl sites for hydroxylation is 2. The first-order valence-electron chi connectivity index (χ1n) is 7.95. The van der Waals surface area contributed by atoms with Gasteiger partial charge in [0.15, 0.2) is 0 Å². The Morgan fingerprint density at radius 1 is 1.00 bits per heavy atom. The van der Waals surface area contributed by atoms with Crippen LogP contribution in [0.25, 0.3) is 22.2 Å². The minimum Gasteiger partial charge on any atom is -0.439 e. The number of nitrogens with zero attached hydrogens (tertiary/aromatic N) is 1. The number of pyridine rings is 1. The number of hydrogen-bond acceptors (Lipinski definition) is 5. The van der Waals surface area contributed by atoms with Crippen LogP contribution < -0.4 is 10.9 Å². The third-order valence-electron chi connectivity index (χ3n) is 4.04. The molecule has 5 nitrogen and oxygen atoms in total. The quantitative estimate of drug-likeness (QED) is 0.583. The second-order valence-electron chi connectivity index (χ2n) is 5.84. The number of fused-ring (bicyclic) bond motifs is 1. The second-order valence-corrected chi connectivity index (χ2v) is 5.84. The predicted octanol–water partition coefficient (Wildman–Crippen LogP) is 4.81. The number of para-hydroxylation sites is 1. The third-order valence-corrected chi connectivity index (χ3v) is 4.04. The van der Waals surface area contributed by atoms with Gasteiger partial charge in [0.25, 0.3) is 0 Å². The largest absolute Gasteiger partial charge is 0.439 e. The second kappa shape index (κ2) is 5.94. The molecule has 1 aromatic carbocycles. The van der Waals surface area contributed by atoms with E-state index in [4.69, 9.17) is 8.83 Å². The smallest absolute Gasteiger partial charge is 0.347 e. The van der Waals surface area contributed by atoms with E-state index in [-0.39, 0.29) is 0 Å². The Balaban J connectivity index is 1.99. The molecule has 0 amide bonds. The fourth-order valence-corrected chi connectivity index (χ4v) is 2.84. The van der Waals surface area contributed by atoms with Crippen molar-refractivity contribution in [3.05, 3.63) is 76.5 Å². The molecule has 0 saturated carbocycles. The maximum Gasteiger partial charge on any atom is 0.347 e. The first kappa shape index (κ1) is 15.2. The van der Waals surface area contributed by atoms with E-state index in [0.717, 1.165) is 11.3 Å². The summed E-state index contributed by atoms with van der Waals surface area (Å²) in [4.78, 5) is 16.8. The SMILES string of the molecule is Cc1cc2oc(Nc3ccccc3C)c(-c3ccccn3)c2c(=O)o1. The summed E-state index contributed by atoms with van der Waals surface area (Å²) in [6.45, 7) is 3.72. The van der Waals surface area contributed by atoms with E-state index >= 15 is 0 Å². The number of rotatable bonds is 3. The summed E-state index contributed by atoms with van der Waals surface area (Å²) < 4.78 is 11.2. The summed E-state index contributed by atoms with van der Waals surface area (Å²) in [5, 5.41) is 3.68. The molecule has 0 aliphatic rings. The van der Waals surface area contributed by atoms with Gasteiger partial charge >= 0.3 is 5.63 Å². The minimum atomic E-state index is -0.433. The molecular weight excluding hydrogens is 316 g/mol. The zero-order valence-electron chi connectivity index (χ0n) is 13.9. The van der Waals surface area contributed by atoms with E-state index in [9.17, 15) is 4.79 Å². The maximum atomic E-state index is 12.4. The van der Waals surface area contributed by atoms with Gasteiger partial charge in [-0.25, -0.2) is 4.79 Å². The molecule has 0 spiro atoms. The number of nitrogens with one attached hydrogen (secondary N) is 1. The molecule has 25 heavy (non-hydrogen) atoms. The summed E-state index contributed by atoms with van der Waals surface area (Å²) >= 11 is 0. The molecule has 5 heteroatoms. The molecule has 0 bridgehead atoms. The number of benzene rings is 1. The molecule has 0 aliphatic heterocycles. The van der Waals surface area contributed by atoms with Gasteiger partial charge in [-0.2, -0.15) is 0 Å². The molecule has 0 unspecified atom stereocenters. The van der Waals surface area contributed by atoms with Crippen LogP contribution in [0, 0.1) is 13.8 Å². The van der Waals surface area contributed by atoms with Crippen LogP contribution in [0.2, 0.25) is 0 Å². The monoisotopic (exact) mass is 332 g/mol. The highest BCUT2D eigenvalue weighted by atomic mass is 16.4. The summed E-state index contributed by atoms with van der Waals surface area (Å²) in [7, 11) is 0. The molecule has 3 aromatic heterocycles. The molecule has 0 atom stereocenters. The van der Waals surface area contributed by atoms with Crippen molar-refractivity contribution in [2.45, 2.75) is 13.8 Å². The average Bonchev–Trinajstić information content (AvgIpc) is 2.96. The predicted molar refractivity (Wildman–Crippen MR) is 97.2 cm³/mol. The van der Waals surface area contributed by atoms with Gasteiger partial charge in [-0.15, -0.1) is 0 Å². The van der Waals surface area contributed by atoms with Gasteiger partial charge in [-0.1, -0.05) is 24.3 Å². The van der Waals surface area contributed by atoms with Crippen molar-refractivity contribution in [3.8, 4) is 11.3 Å². The van der Waals surface area contributed by atoms with Crippen LogP contribution in [0.1, 0.15) is 11.3 Å². The molecule has 0 aliphatic carbocycles. The van der Waals surface area contributed by atoms with Crippen LogP contribution in [0.15, 0.2) is 68.4 Å². The van der Waals surface area contributed by atoms with Crippen LogP contribution in [-0.2, 0) is 0 Å². The van der Waals surface area contributed by atoms with Gasteiger partial charge in [-0.05, 0) is 37.6 Å². The third kappa shape index (κ3) is 2.70. The van der Waals surface area contributed by atoms with Gasteiger partial charge in [0.05, 0.1) is 11.3 Å². The standard InChI is InChI=1S/C20H16N2O3/c1-12-7-3-4-8-14(12)22-19-17(15-9-5-6-10-21-15)18-16(25-19)11-13(2)24-20(18)23/h3-11,22H,1-2H3. The van der Waals surface area contributed by atoms with Crippen LogP contribution in [-0.4, -0.2) is 4.98 Å². The summed E-state index contributed by atoms with van der Waals surface area (Å²) in [5.74, 6) is 0.974. The lowest BCUT2D eigenvalue weighted by Crippen LogP contribution is -2.01. The molecule has 4 aromatic rings. The van der Waals surface area contributed by atoms with Crippen molar-refractivity contribution in [1.29, 1.82) is 0 Å². The number of aromatic nitrogens is 1. The Bertz CT molecular complexity index is 1110.